The van der Waals surface area contributed by atoms with Crippen LogP contribution in [0.4, 0.5) is 0 Å². The van der Waals surface area contributed by atoms with Crippen LogP contribution >= 0.6 is 0 Å². The van der Waals surface area contributed by atoms with E-state index in [1.807, 2.05) is 0 Å². The fourth-order valence-corrected chi connectivity index (χ4v) is 2.00. The van der Waals surface area contributed by atoms with Gasteiger partial charge < -0.3 is 5.11 Å². The molecule has 5 heteroatoms. The summed E-state index contributed by atoms with van der Waals surface area (Å²) in [6.07, 6.45) is 2.68. The van der Waals surface area contributed by atoms with Crippen LogP contribution in [-0.2, 0) is 6.42 Å². The summed E-state index contributed by atoms with van der Waals surface area (Å²) in [4.78, 5) is 22.5. The molecule has 1 heterocycles. The summed E-state index contributed by atoms with van der Waals surface area (Å²) in [6.45, 7) is 2.07. The first-order chi connectivity index (χ1) is 9.13. The van der Waals surface area contributed by atoms with E-state index in [1.165, 1.54) is 12.1 Å². The van der Waals surface area contributed by atoms with Gasteiger partial charge in [0.15, 0.2) is 0 Å². The van der Waals surface area contributed by atoms with E-state index in [4.69, 9.17) is 5.11 Å². The zero-order chi connectivity index (χ0) is 13.8. The molecule has 0 bridgehead atoms. The third-order valence-electron chi connectivity index (χ3n) is 3.08. The number of benzene rings is 1. The predicted octanol–water partition coefficient (Wildman–Crippen LogP) is 2.41. The molecule has 3 N–H and O–H groups in total. The molecule has 100 valence electrons. The molecule has 0 aliphatic heterocycles. The quantitative estimate of drug-likeness (QED) is 0.771. The van der Waals surface area contributed by atoms with Crippen LogP contribution in [0.2, 0.25) is 0 Å². The number of unbranched alkanes of at least 4 members (excludes halogenated alkanes) is 1. The molecule has 0 amide bonds. The molecule has 0 aliphatic rings. The Morgan fingerprint density at radius 2 is 1.89 bits per heavy atom. The number of aromatic nitrogens is 2. The van der Waals surface area contributed by atoms with Gasteiger partial charge in [-0.3, -0.25) is 15.0 Å². The number of nitrogens with one attached hydrogen (secondary N) is 2. The fraction of sp³-hybridized carbons (Fsp3) is 0.286. The highest BCUT2D eigenvalue weighted by atomic mass is 16.4. The van der Waals surface area contributed by atoms with E-state index in [0.717, 1.165) is 29.7 Å². The van der Waals surface area contributed by atoms with Gasteiger partial charge in [0.05, 0.1) is 11.3 Å². The number of hydrogen-bond acceptors (Lipinski definition) is 2. The number of rotatable bonds is 5. The van der Waals surface area contributed by atoms with Gasteiger partial charge in [-0.05, 0) is 30.5 Å². The van der Waals surface area contributed by atoms with Crippen LogP contribution in [0, 0.1) is 0 Å². The minimum absolute atomic E-state index is 0.106. The van der Waals surface area contributed by atoms with Crippen molar-refractivity contribution >= 4 is 5.97 Å². The van der Waals surface area contributed by atoms with E-state index in [-0.39, 0.29) is 11.1 Å². The topological polar surface area (TPSA) is 85.9 Å². The lowest BCUT2D eigenvalue weighted by Crippen LogP contribution is -2.06. The zero-order valence-corrected chi connectivity index (χ0v) is 10.7. The van der Waals surface area contributed by atoms with Crippen molar-refractivity contribution in [3.63, 3.8) is 0 Å². The Hall–Kier alpha value is -2.30. The molecular weight excluding hydrogens is 244 g/mol. The van der Waals surface area contributed by atoms with Crippen LogP contribution in [0.5, 0.6) is 0 Å². The highest BCUT2D eigenvalue weighted by Gasteiger charge is 2.12. The maximum absolute atomic E-state index is 11.7. The van der Waals surface area contributed by atoms with Crippen LogP contribution in [0.3, 0.4) is 0 Å². The number of aromatic carboxylic acids is 1. The second kappa shape index (κ2) is 5.56. The number of carboxylic acid groups (broad SMARTS) is 1. The van der Waals surface area contributed by atoms with Crippen LogP contribution in [-0.4, -0.2) is 21.3 Å². The highest BCUT2D eigenvalue weighted by Crippen LogP contribution is 2.20. The highest BCUT2D eigenvalue weighted by molar-refractivity contribution is 5.88. The van der Waals surface area contributed by atoms with Crippen molar-refractivity contribution in [1.29, 1.82) is 0 Å². The Kier molecular flexibility index (Phi) is 3.85. The minimum Gasteiger partial charge on any atom is -0.478 e. The Bertz CT molecular complexity index is 623. The normalized spacial score (nSPS) is 10.6. The first-order valence-electron chi connectivity index (χ1n) is 6.26. The van der Waals surface area contributed by atoms with E-state index < -0.39 is 5.97 Å². The summed E-state index contributed by atoms with van der Waals surface area (Å²) >= 11 is 0. The number of H-pyrrole nitrogens is 2. The van der Waals surface area contributed by atoms with E-state index >= 15 is 0 Å². The molecule has 1 aromatic carbocycles. The van der Waals surface area contributed by atoms with Crippen molar-refractivity contribution in [2.45, 2.75) is 26.2 Å². The molecule has 5 nitrogen and oxygen atoms in total. The molecule has 0 atom stereocenters. The molecule has 0 spiro atoms. The van der Waals surface area contributed by atoms with Gasteiger partial charge in [-0.1, -0.05) is 25.5 Å². The zero-order valence-electron chi connectivity index (χ0n) is 10.7. The number of hydrogen-bond donors (Lipinski definition) is 3. The SMILES string of the molecule is CCCCc1c(-c2ccc(C(=O)O)cc2)[nH][nH]c1=O. The standard InChI is InChI=1S/C14H16N2O3/c1-2-3-4-11-12(15-16-13(11)17)9-5-7-10(8-6-9)14(18)19/h5-8H,2-4H2,1H3,(H,18,19)(H2,15,16,17). The molecule has 0 aliphatic carbocycles. The minimum atomic E-state index is -0.958. The van der Waals surface area contributed by atoms with Gasteiger partial charge >= 0.3 is 5.97 Å². The van der Waals surface area contributed by atoms with E-state index in [1.54, 1.807) is 12.1 Å². The van der Waals surface area contributed by atoms with Crippen molar-refractivity contribution in [2.24, 2.45) is 0 Å². The lowest BCUT2D eigenvalue weighted by molar-refractivity contribution is 0.0697. The van der Waals surface area contributed by atoms with Crippen LogP contribution < -0.4 is 5.56 Å². The lowest BCUT2D eigenvalue weighted by atomic mass is 10.0. The number of carboxylic acids is 1. The maximum Gasteiger partial charge on any atom is 0.335 e. The fourth-order valence-electron chi connectivity index (χ4n) is 2.00. The van der Waals surface area contributed by atoms with Gasteiger partial charge in [0, 0.05) is 5.56 Å². The third-order valence-corrected chi connectivity index (χ3v) is 3.08. The number of carbonyl (C=O) groups is 1. The van der Waals surface area contributed by atoms with Crippen molar-refractivity contribution < 1.29 is 9.90 Å². The van der Waals surface area contributed by atoms with Crippen molar-refractivity contribution in [3.8, 4) is 11.3 Å². The average Bonchev–Trinajstić information content (AvgIpc) is 2.78. The molecular formula is C14H16N2O3. The summed E-state index contributed by atoms with van der Waals surface area (Å²) in [5, 5.41) is 14.3. The monoisotopic (exact) mass is 260 g/mol. The molecule has 1 aromatic heterocycles. The van der Waals surface area contributed by atoms with Gasteiger partial charge in [-0.15, -0.1) is 0 Å². The molecule has 0 saturated heterocycles. The molecule has 2 aromatic rings. The van der Waals surface area contributed by atoms with Gasteiger partial charge in [-0.25, -0.2) is 4.79 Å². The molecule has 2 rings (SSSR count). The van der Waals surface area contributed by atoms with Crippen LogP contribution in [0.25, 0.3) is 11.3 Å². The Labute approximate surface area is 110 Å². The largest absolute Gasteiger partial charge is 0.478 e. The van der Waals surface area contributed by atoms with Gasteiger partial charge in [0.25, 0.3) is 5.56 Å². The van der Waals surface area contributed by atoms with Crippen LogP contribution in [0.1, 0.15) is 35.7 Å². The second-order valence-corrected chi connectivity index (χ2v) is 4.42. The molecule has 0 radical (unpaired) electrons. The summed E-state index contributed by atoms with van der Waals surface area (Å²) in [5.41, 5.74) is 2.41. The van der Waals surface area contributed by atoms with E-state index in [2.05, 4.69) is 17.1 Å². The first kappa shape index (κ1) is 13.1. The van der Waals surface area contributed by atoms with E-state index in [0.29, 0.717) is 6.42 Å². The van der Waals surface area contributed by atoms with E-state index in [9.17, 15) is 9.59 Å². The summed E-state index contributed by atoms with van der Waals surface area (Å²) in [5.74, 6) is -0.958. The van der Waals surface area contributed by atoms with Crippen molar-refractivity contribution in [3.05, 3.63) is 45.7 Å². The van der Waals surface area contributed by atoms with Gasteiger partial charge in [-0.2, -0.15) is 0 Å². The third kappa shape index (κ3) is 2.76. The predicted molar refractivity (Wildman–Crippen MR) is 72.4 cm³/mol. The van der Waals surface area contributed by atoms with Crippen molar-refractivity contribution in [2.75, 3.05) is 0 Å². The average molecular weight is 260 g/mol. The summed E-state index contributed by atoms with van der Waals surface area (Å²) < 4.78 is 0. The molecule has 0 saturated carbocycles. The molecule has 19 heavy (non-hydrogen) atoms. The smallest absolute Gasteiger partial charge is 0.335 e. The summed E-state index contributed by atoms with van der Waals surface area (Å²) in [6, 6.07) is 6.48. The van der Waals surface area contributed by atoms with Crippen LogP contribution in [0.15, 0.2) is 29.1 Å². The van der Waals surface area contributed by atoms with Crippen molar-refractivity contribution in [1.82, 2.24) is 10.2 Å². The van der Waals surface area contributed by atoms with Gasteiger partial charge in [0.2, 0.25) is 0 Å². The Morgan fingerprint density at radius 1 is 1.21 bits per heavy atom. The lowest BCUT2D eigenvalue weighted by Gasteiger charge is -2.03. The summed E-state index contributed by atoms with van der Waals surface area (Å²) in [7, 11) is 0. The maximum atomic E-state index is 11.7. The van der Waals surface area contributed by atoms with Gasteiger partial charge in [0.1, 0.15) is 0 Å². The molecule has 0 unspecified atom stereocenters. The molecule has 0 fully saturated rings. The number of aromatic amines is 2. The Morgan fingerprint density at radius 3 is 2.47 bits per heavy atom. The second-order valence-electron chi connectivity index (χ2n) is 4.42. The first-order valence-corrected chi connectivity index (χ1v) is 6.26. The Balaban J connectivity index is 2.36.